The van der Waals surface area contributed by atoms with Crippen LogP contribution in [-0.2, 0) is 9.53 Å². The zero-order chi connectivity index (χ0) is 9.97. The highest BCUT2D eigenvalue weighted by atomic mass is 16.5. The van der Waals surface area contributed by atoms with Crippen molar-refractivity contribution in [1.29, 1.82) is 0 Å². The van der Waals surface area contributed by atoms with E-state index in [0.717, 1.165) is 19.3 Å². The number of ether oxygens (including phenoxy) is 1. The third-order valence-electron chi connectivity index (χ3n) is 3.43. The lowest BCUT2D eigenvalue weighted by Gasteiger charge is -2.28. The SMILES string of the molecule is CC/C=C\C[C@@H]1[C@H]2CC[C@@H]1OC(=O)C2. The topological polar surface area (TPSA) is 26.3 Å². The molecule has 0 spiro atoms. The van der Waals surface area contributed by atoms with Gasteiger partial charge in [-0.05, 0) is 31.6 Å². The molecule has 1 saturated heterocycles. The van der Waals surface area contributed by atoms with E-state index in [1.54, 1.807) is 0 Å². The van der Waals surface area contributed by atoms with Gasteiger partial charge in [0.25, 0.3) is 0 Å². The second-order valence-corrected chi connectivity index (χ2v) is 4.35. The van der Waals surface area contributed by atoms with Gasteiger partial charge >= 0.3 is 5.97 Å². The second kappa shape index (κ2) is 4.16. The Morgan fingerprint density at radius 1 is 1.43 bits per heavy atom. The molecule has 0 amide bonds. The summed E-state index contributed by atoms with van der Waals surface area (Å²) in [7, 11) is 0. The minimum absolute atomic E-state index is 0.0215. The molecule has 78 valence electrons. The summed E-state index contributed by atoms with van der Waals surface area (Å²) in [5.74, 6) is 1.23. The van der Waals surface area contributed by atoms with Crippen molar-refractivity contribution in [2.24, 2.45) is 11.8 Å². The van der Waals surface area contributed by atoms with Crippen LogP contribution in [0.5, 0.6) is 0 Å². The van der Waals surface area contributed by atoms with Crippen LogP contribution in [0.3, 0.4) is 0 Å². The summed E-state index contributed by atoms with van der Waals surface area (Å²) in [6, 6.07) is 0. The molecule has 0 unspecified atom stereocenters. The number of allylic oxidation sites excluding steroid dienone is 2. The predicted octanol–water partition coefficient (Wildman–Crippen LogP) is 2.68. The summed E-state index contributed by atoms with van der Waals surface area (Å²) in [6.07, 6.45) is 9.79. The molecule has 0 aromatic rings. The van der Waals surface area contributed by atoms with Gasteiger partial charge in [0.2, 0.25) is 0 Å². The van der Waals surface area contributed by atoms with Crippen LogP contribution in [-0.4, -0.2) is 12.1 Å². The number of esters is 1. The molecule has 0 N–H and O–H groups in total. The van der Waals surface area contributed by atoms with Crippen LogP contribution < -0.4 is 0 Å². The molecule has 0 aromatic carbocycles. The summed E-state index contributed by atoms with van der Waals surface area (Å²) < 4.78 is 5.35. The van der Waals surface area contributed by atoms with Crippen molar-refractivity contribution < 1.29 is 9.53 Å². The maximum absolute atomic E-state index is 11.2. The molecular weight excluding hydrogens is 176 g/mol. The highest BCUT2D eigenvalue weighted by Crippen LogP contribution is 2.42. The number of carbonyl (C=O) groups excluding carboxylic acids is 1. The van der Waals surface area contributed by atoms with Gasteiger partial charge in [0, 0.05) is 12.3 Å². The molecule has 3 atom stereocenters. The fraction of sp³-hybridized carbons (Fsp3) is 0.750. The van der Waals surface area contributed by atoms with E-state index in [2.05, 4.69) is 19.1 Å². The Morgan fingerprint density at radius 2 is 2.29 bits per heavy atom. The number of rotatable bonds is 3. The van der Waals surface area contributed by atoms with Crippen molar-refractivity contribution >= 4 is 5.97 Å². The van der Waals surface area contributed by atoms with Crippen molar-refractivity contribution in [2.45, 2.75) is 45.1 Å². The van der Waals surface area contributed by atoms with Gasteiger partial charge in [-0.1, -0.05) is 19.1 Å². The third kappa shape index (κ3) is 1.84. The van der Waals surface area contributed by atoms with Crippen LogP contribution in [0.4, 0.5) is 0 Å². The van der Waals surface area contributed by atoms with Crippen LogP contribution in [0.1, 0.15) is 39.0 Å². The highest BCUT2D eigenvalue weighted by Gasteiger charge is 2.42. The van der Waals surface area contributed by atoms with E-state index in [0.29, 0.717) is 18.3 Å². The summed E-state index contributed by atoms with van der Waals surface area (Å²) in [6.45, 7) is 2.14. The molecule has 1 saturated carbocycles. The second-order valence-electron chi connectivity index (χ2n) is 4.35. The van der Waals surface area contributed by atoms with Gasteiger partial charge in [0.15, 0.2) is 0 Å². The van der Waals surface area contributed by atoms with Crippen LogP contribution in [0.15, 0.2) is 12.2 Å². The zero-order valence-corrected chi connectivity index (χ0v) is 8.74. The Morgan fingerprint density at radius 3 is 3.00 bits per heavy atom. The van der Waals surface area contributed by atoms with Crippen molar-refractivity contribution in [2.75, 3.05) is 0 Å². The normalized spacial score (nSPS) is 36.4. The molecule has 1 heterocycles. The van der Waals surface area contributed by atoms with Gasteiger partial charge in [-0.25, -0.2) is 0 Å². The first kappa shape index (κ1) is 9.75. The molecule has 1 aliphatic carbocycles. The van der Waals surface area contributed by atoms with Gasteiger partial charge in [-0.2, -0.15) is 0 Å². The number of fused-ring (bicyclic) bond motifs is 2. The molecule has 1 aliphatic heterocycles. The monoisotopic (exact) mass is 194 g/mol. The maximum Gasteiger partial charge on any atom is 0.306 e. The zero-order valence-electron chi connectivity index (χ0n) is 8.74. The molecular formula is C12H18O2. The Kier molecular flexibility index (Phi) is 2.90. The Hall–Kier alpha value is -0.790. The molecule has 2 heteroatoms. The molecule has 2 fully saturated rings. The highest BCUT2D eigenvalue weighted by molar-refractivity contribution is 5.71. The Labute approximate surface area is 85.3 Å². The fourth-order valence-corrected chi connectivity index (χ4v) is 2.71. The standard InChI is InChI=1S/C12H18O2/c1-2-3-4-5-10-9-6-7-11(10)14-12(13)8-9/h3-4,9-11H,2,5-8H2,1H3/b4-3-/t9-,10+,11-/m0/s1. The maximum atomic E-state index is 11.2. The van der Waals surface area contributed by atoms with Gasteiger partial charge < -0.3 is 4.74 Å². The number of hydrogen-bond donors (Lipinski definition) is 0. The summed E-state index contributed by atoms with van der Waals surface area (Å²) in [5.41, 5.74) is 0. The minimum Gasteiger partial charge on any atom is -0.462 e. The van der Waals surface area contributed by atoms with E-state index >= 15 is 0 Å². The average Bonchev–Trinajstić information content (AvgIpc) is 2.42. The first-order valence-corrected chi connectivity index (χ1v) is 5.65. The van der Waals surface area contributed by atoms with Gasteiger partial charge in [-0.15, -0.1) is 0 Å². The molecule has 2 bridgehead atoms. The first-order valence-electron chi connectivity index (χ1n) is 5.65. The van der Waals surface area contributed by atoms with Crippen molar-refractivity contribution in [3.63, 3.8) is 0 Å². The predicted molar refractivity (Wildman–Crippen MR) is 54.8 cm³/mol. The smallest absolute Gasteiger partial charge is 0.306 e. The summed E-state index contributed by atoms with van der Waals surface area (Å²) in [4.78, 5) is 11.2. The fourth-order valence-electron chi connectivity index (χ4n) is 2.71. The van der Waals surface area contributed by atoms with Crippen molar-refractivity contribution in [3.05, 3.63) is 12.2 Å². The molecule has 2 aliphatic rings. The molecule has 2 rings (SSSR count). The quantitative estimate of drug-likeness (QED) is 0.510. The lowest BCUT2D eigenvalue weighted by Crippen LogP contribution is -2.31. The van der Waals surface area contributed by atoms with Crippen LogP contribution >= 0.6 is 0 Å². The van der Waals surface area contributed by atoms with Crippen LogP contribution in [0.25, 0.3) is 0 Å². The van der Waals surface area contributed by atoms with E-state index in [9.17, 15) is 4.79 Å². The van der Waals surface area contributed by atoms with Gasteiger partial charge in [-0.3, -0.25) is 4.79 Å². The average molecular weight is 194 g/mol. The van der Waals surface area contributed by atoms with Gasteiger partial charge in [0.1, 0.15) is 6.10 Å². The van der Waals surface area contributed by atoms with Crippen molar-refractivity contribution in [3.8, 4) is 0 Å². The lowest BCUT2D eigenvalue weighted by atomic mass is 9.87. The summed E-state index contributed by atoms with van der Waals surface area (Å²) in [5, 5.41) is 0. The Bertz CT molecular complexity index is 229. The van der Waals surface area contributed by atoms with Gasteiger partial charge in [0.05, 0.1) is 0 Å². The van der Waals surface area contributed by atoms with Crippen LogP contribution in [0.2, 0.25) is 0 Å². The third-order valence-corrected chi connectivity index (χ3v) is 3.43. The van der Waals surface area contributed by atoms with E-state index in [-0.39, 0.29) is 12.1 Å². The molecule has 2 nitrogen and oxygen atoms in total. The van der Waals surface area contributed by atoms with E-state index in [1.807, 2.05) is 0 Å². The first-order chi connectivity index (χ1) is 6.81. The van der Waals surface area contributed by atoms with Crippen molar-refractivity contribution in [1.82, 2.24) is 0 Å². The Balaban J connectivity index is 1.94. The number of carbonyl (C=O) groups is 1. The number of hydrogen-bond acceptors (Lipinski definition) is 2. The lowest BCUT2D eigenvalue weighted by molar-refractivity contribution is -0.157. The van der Waals surface area contributed by atoms with Crippen LogP contribution in [0, 0.1) is 11.8 Å². The summed E-state index contributed by atoms with van der Waals surface area (Å²) >= 11 is 0. The molecule has 14 heavy (non-hydrogen) atoms. The van der Waals surface area contributed by atoms with E-state index in [4.69, 9.17) is 4.74 Å². The van der Waals surface area contributed by atoms with E-state index < -0.39 is 0 Å². The largest absolute Gasteiger partial charge is 0.462 e. The molecule has 0 radical (unpaired) electrons. The van der Waals surface area contributed by atoms with E-state index in [1.165, 1.54) is 6.42 Å². The molecule has 0 aromatic heterocycles. The minimum atomic E-state index is 0.0215.